The van der Waals surface area contributed by atoms with Crippen molar-refractivity contribution in [3.63, 3.8) is 0 Å². The number of amides is 4. The van der Waals surface area contributed by atoms with Crippen molar-refractivity contribution in [3.05, 3.63) is 52.0 Å². The largest absolute Gasteiger partial charge is 0.481 e. The molecule has 1 aromatic carbocycles. The fraction of sp³-hybridized carbons (Fsp3) is 0.643. The molecule has 56 heavy (non-hydrogen) atoms. The Morgan fingerprint density at radius 3 is 2.09 bits per heavy atom. The lowest BCUT2D eigenvalue weighted by Gasteiger charge is -3.10. The Balaban J connectivity index is 1.03. The van der Waals surface area contributed by atoms with Gasteiger partial charge in [0.05, 0.1) is 16.9 Å². The van der Waals surface area contributed by atoms with E-state index in [0.717, 1.165) is 5.56 Å². The number of nitrogens with one attached hydrogen (secondary N) is 3. The molecule has 302 valence electrons. The third-order valence-electron chi connectivity index (χ3n) is 14.3. The summed E-state index contributed by atoms with van der Waals surface area (Å²) < 4.78 is 5.80. The maximum Gasteiger partial charge on any atom is 0.306 e. The summed E-state index contributed by atoms with van der Waals surface area (Å²) >= 11 is 1.18. The van der Waals surface area contributed by atoms with Gasteiger partial charge in [0.25, 0.3) is 5.91 Å². The number of carboxylic acids is 1. The van der Waals surface area contributed by atoms with E-state index in [0.29, 0.717) is 53.4 Å². The van der Waals surface area contributed by atoms with E-state index in [2.05, 4.69) is 20.9 Å². The fourth-order valence-corrected chi connectivity index (χ4v) is 12.6. The van der Waals surface area contributed by atoms with Crippen LogP contribution in [0.3, 0.4) is 0 Å². The molecule has 13 nitrogen and oxygen atoms in total. The number of nitrogens with zero attached hydrogens (tertiary/aromatic N) is 2. The van der Waals surface area contributed by atoms with E-state index in [-0.39, 0.29) is 53.6 Å². The maximum absolute atomic E-state index is 14.4. The number of benzene rings is 1. The minimum Gasteiger partial charge on any atom is -0.481 e. The Labute approximate surface area is 332 Å². The van der Waals surface area contributed by atoms with Gasteiger partial charge in [0.1, 0.15) is 16.7 Å². The van der Waals surface area contributed by atoms with Crippen molar-refractivity contribution in [3.8, 4) is 0 Å². The van der Waals surface area contributed by atoms with E-state index >= 15 is 0 Å². The molecule has 8 rings (SSSR count). The third kappa shape index (κ3) is 5.86. The van der Waals surface area contributed by atoms with Crippen molar-refractivity contribution in [2.24, 2.45) is 58.7 Å². The quantitative estimate of drug-likeness (QED) is 0.151. The van der Waals surface area contributed by atoms with Gasteiger partial charge in [-0.1, -0.05) is 71.4 Å². The first-order chi connectivity index (χ1) is 26.5. The maximum atomic E-state index is 14.4. The molecule has 6 aliphatic carbocycles. The molecule has 4 N–H and O–H groups in total. The van der Waals surface area contributed by atoms with Crippen LogP contribution in [0.4, 0.5) is 0 Å². The number of carbonyl (C=O) groups is 6. The smallest absolute Gasteiger partial charge is 0.306 e. The van der Waals surface area contributed by atoms with Crippen molar-refractivity contribution in [1.82, 2.24) is 25.8 Å². The van der Waals surface area contributed by atoms with Crippen LogP contribution in [0.5, 0.6) is 0 Å². The number of ether oxygens (including phenoxy) is 1. The van der Waals surface area contributed by atoms with Gasteiger partial charge in [-0.05, 0) is 65.7 Å². The molecule has 0 bridgehead atoms. The number of aromatic nitrogens is 1. The lowest BCUT2D eigenvalue weighted by molar-refractivity contribution is -0.607. The number of thiazole rings is 1. The highest BCUT2D eigenvalue weighted by Gasteiger charge is 3.11. The molecule has 0 saturated heterocycles. The Morgan fingerprint density at radius 1 is 0.929 bits per heavy atom. The van der Waals surface area contributed by atoms with Crippen LogP contribution in [0.1, 0.15) is 94.9 Å². The predicted molar refractivity (Wildman–Crippen MR) is 207 cm³/mol. The van der Waals surface area contributed by atoms with Crippen LogP contribution in [0.15, 0.2) is 35.7 Å². The van der Waals surface area contributed by atoms with E-state index < -0.39 is 53.4 Å². The van der Waals surface area contributed by atoms with Crippen molar-refractivity contribution >= 4 is 46.9 Å². The summed E-state index contributed by atoms with van der Waals surface area (Å²) in [4.78, 5) is 84.4. The summed E-state index contributed by atoms with van der Waals surface area (Å²) in [5.41, 5.74) is 0.612. The van der Waals surface area contributed by atoms with Gasteiger partial charge in [0, 0.05) is 44.8 Å². The van der Waals surface area contributed by atoms with Gasteiger partial charge >= 0.3 is 11.9 Å². The van der Waals surface area contributed by atoms with E-state index in [1.807, 2.05) is 58.0 Å². The highest BCUT2D eigenvalue weighted by Crippen LogP contribution is 3.07. The molecule has 0 spiro atoms. The van der Waals surface area contributed by atoms with Gasteiger partial charge in [-0.15, -0.1) is 11.3 Å². The van der Waals surface area contributed by atoms with E-state index in [1.54, 1.807) is 31.2 Å². The molecular formula is C42H55N5O8S. The molecule has 6 atom stereocenters. The van der Waals surface area contributed by atoms with E-state index in [9.17, 15) is 33.9 Å². The van der Waals surface area contributed by atoms with Crippen molar-refractivity contribution < 1.29 is 38.6 Å². The third-order valence-corrected chi connectivity index (χ3v) is 15.2. The summed E-state index contributed by atoms with van der Waals surface area (Å²) in [6, 6.07) is 7.91. The molecule has 0 unspecified atom stereocenters. The molecule has 6 fully saturated rings. The van der Waals surface area contributed by atoms with Crippen molar-refractivity contribution in [2.45, 2.75) is 104 Å². The Bertz CT molecular complexity index is 1860. The van der Waals surface area contributed by atoms with Gasteiger partial charge in [-0.2, -0.15) is 0 Å². The summed E-state index contributed by atoms with van der Waals surface area (Å²) in [7, 11) is 1.73. The number of rotatable bonds is 19. The lowest BCUT2D eigenvalue weighted by atomic mass is 8.94. The molecular weight excluding hydrogens is 735 g/mol. The minimum atomic E-state index is -0.949. The van der Waals surface area contributed by atoms with Crippen LogP contribution >= 0.6 is 11.3 Å². The minimum absolute atomic E-state index is 0.00607. The molecule has 1 aromatic heterocycles. The Hall–Kier alpha value is -4.33. The van der Waals surface area contributed by atoms with E-state index in [1.165, 1.54) is 18.3 Å². The van der Waals surface area contributed by atoms with Crippen molar-refractivity contribution in [1.29, 1.82) is 0 Å². The lowest BCUT2D eigenvalue weighted by Crippen LogP contribution is -3.16. The standard InChI is InChI=1S/C42H55N5O8S/c1-9-20(4)35(45-40(54)41-29-32-30(41)34-31(41)33(29)42(32,34)46-22(6)48)38(51)47(8)27(19(2)3)17-28(55-23(7)49)37-44-26(18-56-37)36(50)43-25(15-21(5)39(52)53)16-24-13-11-10-12-14-24/h10-14,18-21,25,27-35H,9,15-17H2,1-8H3,(H,43,50)(H,45,54)(H,46,48)(H,52,53)/t20-,21-,25+,27+,28+,29?,30?,31?,32?,33?,34?,35-,41?,42?/m0/s1. The highest BCUT2D eigenvalue weighted by molar-refractivity contribution is 7.09. The summed E-state index contributed by atoms with van der Waals surface area (Å²) in [6.45, 7) is 12.4. The fourth-order valence-electron chi connectivity index (χ4n) is 11.8. The number of carboxylic acid groups (broad SMARTS) is 1. The second-order valence-electron chi connectivity index (χ2n) is 17.5. The van der Waals surface area contributed by atoms with Gasteiger partial charge in [0.15, 0.2) is 6.10 Å². The molecule has 0 radical (unpaired) electrons. The highest BCUT2D eigenvalue weighted by atomic mass is 32.1. The summed E-state index contributed by atoms with van der Waals surface area (Å²) in [5.74, 6) is -1.04. The Kier molecular flexibility index (Phi) is 10.4. The number of aliphatic carboxylic acids is 1. The molecule has 0 aliphatic heterocycles. The molecule has 2 aromatic rings. The predicted octanol–water partition coefficient (Wildman–Crippen LogP) is 4.23. The first-order valence-electron chi connectivity index (χ1n) is 20.1. The number of esters is 1. The van der Waals surface area contributed by atoms with Crippen LogP contribution in [0.25, 0.3) is 0 Å². The van der Waals surface area contributed by atoms with Gasteiger partial charge in [-0.25, -0.2) is 4.98 Å². The first-order valence-corrected chi connectivity index (χ1v) is 20.9. The zero-order valence-electron chi connectivity index (χ0n) is 33.4. The number of carbonyl (C=O) groups excluding carboxylic acids is 5. The topological polar surface area (TPSA) is 184 Å². The SMILES string of the molecule is CC[C@H](C)[C@H](NC(=O)C12C3C4C1C1C2C3C41NC(C)=O)C(=O)N(C)[C@H](C[C@@H](OC(C)=O)c1nc(C(=O)N[C@@H](Cc2ccccc2)C[C@H](C)C(=O)O)cs1)C(C)C. The van der Waals surface area contributed by atoms with Gasteiger partial charge < -0.3 is 30.7 Å². The molecule has 14 heteroatoms. The average Bonchev–Trinajstić information content (AvgIpc) is 3.65. The van der Waals surface area contributed by atoms with Crippen LogP contribution < -0.4 is 16.0 Å². The zero-order valence-corrected chi connectivity index (χ0v) is 34.2. The first kappa shape index (κ1) is 39.9. The number of hydrogen-bond donors (Lipinski definition) is 4. The van der Waals surface area contributed by atoms with Crippen molar-refractivity contribution in [2.75, 3.05) is 7.05 Å². The normalized spacial score (nSPS) is 31.2. The second kappa shape index (κ2) is 14.6. The van der Waals surface area contributed by atoms with E-state index in [4.69, 9.17) is 4.74 Å². The molecule has 6 saturated carbocycles. The van der Waals surface area contributed by atoms with Gasteiger partial charge in [0.2, 0.25) is 17.7 Å². The Morgan fingerprint density at radius 2 is 1.55 bits per heavy atom. The molecule has 1 heterocycles. The average molecular weight is 790 g/mol. The molecule has 4 amide bonds. The zero-order chi connectivity index (χ0) is 40.6. The summed E-state index contributed by atoms with van der Waals surface area (Å²) in [5, 5.41) is 21.0. The van der Waals surface area contributed by atoms with Crippen LogP contribution in [0.2, 0.25) is 0 Å². The van der Waals surface area contributed by atoms with Gasteiger partial charge in [-0.3, -0.25) is 28.8 Å². The number of likely N-dealkylation sites (N-methyl/N-ethyl adjacent to an activating group) is 1. The van der Waals surface area contributed by atoms with Crippen LogP contribution in [-0.2, 0) is 35.1 Å². The molecule has 6 aliphatic rings. The monoisotopic (exact) mass is 789 g/mol. The van der Waals surface area contributed by atoms with Crippen LogP contribution in [-0.4, -0.2) is 81.3 Å². The second-order valence-corrected chi connectivity index (χ2v) is 18.4. The summed E-state index contributed by atoms with van der Waals surface area (Å²) in [6.07, 6.45) is 0.708. The van der Waals surface area contributed by atoms with Crippen LogP contribution in [0, 0.1) is 58.7 Å². The number of hydrogen-bond acceptors (Lipinski definition) is 9.